The summed E-state index contributed by atoms with van der Waals surface area (Å²) >= 11 is 10.9. The van der Waals surface area contributed by atoms with Gasteiger partial charge in [0.2, 0.25) is 0 Å². The predicted molar refractivity (Wildman–Crippen MR) is 44.8 cm³/mol. The highest BCUT2D eigenvalue weighted by atomic mass is 35.5. The molecule has 0 amide bonds. The molecule has 0 aliphatic rings. The van der Waals surface area contributed by atoms with Crippen molar-refractivity contribution in [3.8, 4) is 0 Å². The molecule has 0 bridgehead atoms. The van der Waals surface area contributed by atoms with Crippen molar-refractivity contribution in [2.24, 2.45) is 4.99 Å². The van der Waals surface area contributed by atoms with Crippen molar-refractivity contribution in [3.05, 3.63) is 11.7 Å². The van der Waals surface area contributed by atoms with Crippen LogP contribution in [-0.4, -0.2) is 18.4 Å². The van der Waals surface area contributed by atoms with Crippen LogP contribution in [0.4, 0.5) is 0 Å². The van der Waals surface area contributed by atoms with Gasteiger partial charge in [-0.1, -0.05) is 29.8 Å². The monoisotopic (exact) mass is 181 g/mol. The van der Waals surface area contributed by atoms with E-state index in [1.807, 2.05) is 6.92 Å². The third-order valence-corrected chi connectivity index (χ3v) is 0.946. The summed E-state index contributed by atoms with van der Waals surface area (Å²) in [6.07, 6.45) is 0. The van der Waals surface area contributed by atoms with Crippen molar-refractivity contribution in [2.45, 2.75) is 6.92 Å². The van der Waals surface area contributed by atoms with Crippen LogP contribution in [0.5, 0.6) is 0 Å². The second kappa shape index (κ2) is 5.71. The number of nitrogens with zero attached hydrogens (tertiary/aromatic N) is 1. The molecule has 0 N–H and O–H groups in total. The highest BCUT2D eigenvalue weighted by Crippen LogP contribution is 2.00. The highest BCUT2D eigenvalue weighted by Gasteiger charge is 1.92. The van der Waals surface area contributed by atoms with Gasteiger partial charge in [0.05, 0.1) is 6.61 Å². The molecule has 0 aromatic rings. The summed E-state index contributed by atoms with van der Waals surface area (Å²) < 4.78 is 4.93. The fraction of sp³-hybridized carbons (Fsp3) is 0.500. The lowest BCUT2D eigenvalue weighted by Gasteiger charge is -1.96. The molecule has 0 heterocycles. The minimum atomic E-state index is 0.171. The van der Waals surface area contributed by atoms with E-state index in [0.717, 1.165) is 0 Å². The van der Waals surface area contributed by atoms with Crippen molar-refractivity contribution in [3.63, 3.8) is 0 Å². The third-order valence-electron chi connectivity index (χ3n) is 0.668. The largest absolute Gasteiger partial charge is 0.374 e. The van der Waals surface area contributed by atoms with Crippen LogP contribution < -0.4 is 0 Å². The number of hydrogen-bond acceptors (Lipinski definition) is 2. The van der Waals surface area contributed by atoms with Crippen LogP contribution in [-0.2, 0) is 4.74 Å². The first kappa shape index (κ1) is 9.95. The van der Waals surface area contributed by atoms with E-state index < -0.39 is 0 Å². The van der Waals surface area contributed by atoms with Crippen LogP contribution in [0.25, 0.3) is 0 Å². The molecule has 0 rings (SSSR count). The molecule has 0 aliphatic heterocycles. The molecule has 0 spiro atoms. The Morgan fingerprint density at radius 2 is 2.20 bits per heavy atom. The smallest absolute Gasteiger partial charge is 0.133 e. The number of hydrogen-bond donors (Lipinski definition) is 0. The second-order valence-electron chi connectivity index (χ2n) is 1.50. The Hall–Kier alpha value is -0.0500. The zero-order valence-electron chi connectivity index (χ0n) is 5.73. The first-order valence-electron chi connectivity index (χ1n) is 2.82. The van der Waals surface area contributed by atoms with E-state index in [2.05, 4.69) is 11.6 Å². The lowest BCUT2D eigenvalue weighted by atomic mass is 10.7. The molecule has 2 nitrogen and oxygen atoms in total. The summed E-state index contributed by atoms with van der Waals surface area (Å²) in [5.41, 5.74) is 0. The molecule has 0 saturated carbocycles. The number of aliphatic imine (C=N–C) groups is 1. The Balaban J connectivity index is 3.60. The van der Waals surface area contributed by atoms with Crippen LogP contribution in [0.15, 0.2) is 16.7 Å². The van der Waals surface area contributed by atoms with Crippen molar-refractivity contribution in [2.75, 3.05) is 13.2 Å². The Morgan fingerprint density at radius 3 is 2.60 bits per heavy atom. The second-order valence-corrected chi connectivity index (χ2v) is 2.37. The number of halogens is 2. The zero-order chi connectivity index (χ0) is 7.98. The lowest BCUT2D eigenvalue weighted by molar-refractivity contribution is 0.189. The van der Waals surface area contributed by atoms with Crippen LogP contribution in [0.1, 0.15) is 6.92 Å². The van der Waals surface area contributed by atoms with Gasteiger partial charge in [0.15, 0.2) is 0 Å². The molecule has 0 atom stereocenters. The molecule has 0 saturated heterocycles. The molecule has 0 unspecified atom stereocenters. The normalized spacial score (nSPS) is 11.7. The van der Waals surface area contributed by atoms with Crippen LogP contribution in [0.2, 0.25) is 0 Å². The van der Waals surface area contributed by atoms with Crippen molar-refractivity contribution < 1.29 is 4.74 Å². The SMILES string of the molecule is C=C(Cl)N=C(Cl)COCC. The molecule has 0 fully saturated rings. The van der Waals surface area contributed by atoms with E-state index in [-0.39, 0.29) is 5.16 Å². The van der Waals surface area contributed by atoms with E-state index in [0.29, 0.717) is 18.4 Å². The van der Waals surface area contributed by atoms with Gasteiger partial charge in [-0.2, -0.15) is 0 Å². The topological polar surface area (TPSA) is 21.6 Å². The third kappa shape index (κ3) is 6.08. The Labute approximate surface area is 70.5 Å². The minimum Gasteiger partial charge on any atom is -0.374 e. The van der Waals surface area contributed by atoms with Crippen molar-refractivity contribution >= 4 is 28.4 Å². The van der Waals surface area contributed by atoms with E-state index in [4.69, 9.17) is 27.9 Å². The summed E-state index contributed by atoms with van der Waals surface area (Å²) in [6.45, 7) is 6.12. The van der Waals surface area contributed by atoms with Crippen molar-refractivity contribution in [1.82, 2.24) is 0 Å². The van der Waals surface area contributed by atoms with Crippen molar-refractivity contribution in [1.29, 1.82) is 0 Å². The van der Waals surface area contributed by atoms with E-state index in [1.54, 1.807) is 0 Å². The summed E-state index contributed by atoms with van der Waals surface area (Å²) in [5, 5.41) is 0.492. The fourth-order valence-corrected chi connectivity index (χ4v) is 0.675. The molecule has 0 aliphatic carbocycles. The van der Waals surface area contributed by atoms with E-state index >= 15 is 0 Å². The Morgan fingerprint density at radius 1 is 1.60 bits per heavy atom. The Bertz CT molecular complexity index is 145. The van der Waals surface area contributed by atoms with Crippen LogP contribution in [0, 0.1) is 0 Å². The summed E-state index contributed by atoms with van der Waals surface area (Å²) in [6, 6.07) is 0. The van der Waals surface area contributed by atoms with Gasteiger partial charge in [-0.3, -0.25) is 0 Å². The Kier molecular flexibility index (Phi) is 5.69. The summed E-state index contributed by atoms with van der Waals surface area (Å²) in [7, 11) is 0. The standard InChI is InChI=1S/C6H9Cl2NO/c1-3-10-4-6(8)9-5(2)7/h2-4H2,1H3. The van der Waals surface area contributed by atoms with Gasteiger partial charge < -0.3 is 4.74 Å². The van der Waals surface area contributed by atoms with E-state index in [9.17, 15) is 0 Å². The lowest BCUT2D eigenvalue weighted by Crippen LogP contribution is -2.01. The first-order valence-corrected chi connectivity index (χ1v) is 3.57. The van der Waals surface area contributed by atoms with Gasteiger partial charge in [-0.15, -0.1) is 0 Å². The number of rotatable bonds is 4. The maximum atomic E-state index is 5.53. The molecule has 10 heavy (non-hydrogen) atoms. The fourth-order valence-electron chi connectivity index (χ4n) is 0.350. The quantitative estimate of drug-likeness (QED) is 0.483. The van der Waals surface area contributed by atoms with Crippen LogP contribution in [0.3, 0.4) is 0 Å². The van der Waals surface area contributed by atoms with Gasteiger partial charge in [0.1, 0.15) is 10.3 Å². The maximum absolute atomic E-state index is 5.53. The molecular weight excluding hydrogens is 173 g/mol. The zero-order valence-corrected chi connectivity index (χ0v) is 7.24. The predicted octanol–water partition coefficient (Wildman–Crippen LogP) is 2.37. The average molecular weight is 182 g/mol. The number of ether oxygens (including phenoxy) is 1. The molecule has 0 aromatic carbocycles. The first-order chi connectivity index (χ1) is 4.66. The summed E-state index contributed by atoms with van der Waals surface area (Å²) in [5.74, 6) is 0. The van der Waals surface area contributed by atoms with Gasteiger partial charge in [0, 0.05) is 6.61 Å². The molecule has 4 heteroatoms. The van der Waals surface area contributed by atoms with Gasteiger partial charge >= 0.3 is 0 Å². The highest BCUT2D eigenvalue weighted by molar-refractivity contribution is 6.66. The molecule has 0 aromatic heterocycles. The van der Waals surface area contributed by atoms with Crippen LogP contribution >= 0.6 is 23.2 Å². The van der Waals surface area contributed by atoms with E-state index in [1.165, 1.54) is 0 Å². The average Bonchev–Trinajstić information content (AvgIpc) is 1.82. The van der Waals surface area contributed by atoms with Gasteiger partial charge in [0.25, 0.3) is 0 Å². The maximum Gasteiger partial charge on any atom is 0.133 e. The minimum absolute atomic E-state index is 0.171. The molecule has 58 valence electrons. The summed E-state index contributed by atoms with van der Waals surface area (Å²) in [4.78, 5) is 3.64. The van der Waals surface area contributed by atoms with Gasteiger partial charge in [-0.05, 0) is 6.92 Å². The molecule has 0 radical (unpaired) electrons. The van der Waals surface area contributed by atoms with Gasteiger partial charge in [-0.25, -0.2) is 4.99 Å². The molecular formula is C6H9Cl2NO.